The van der Waals surface area contributed by atoms with Crippen molar-refractivity contribution in [3.63, 3.8) is 0 Å². The molecule has 0 aliphatic carbocycles. The van der Waals surface area contributed by atoms with Crippen LogP contribution in [0, 0.1) is 0 Å². The highest BCUT2D eigenvalue weighted by molar-refractivity contribution is 9.10. The molecule has 0 saturated heterocycles. The quantitative estimate of drug-likeness (QED) is 0.916. The molecule has 0 fully saturated rings. The number of nitrogens with two attached hydrogens (primary N) is 1. The molecule has 0 aliphatic heterocycles. The Hall–Kier alpha value is -1.52. The van der Waals surface area contributed by atoms with Crippen molar-refractivity contribution in [1.29, 1.82) is 0 Å². The first kappa shape index (κ1) is 13.9. The van der Waals surface area contributed by atoms with Crippen LogP contribution in [0.5, 0.6) is 11.5 Å². The molecule has 1 atom stereocenters. The summed E-state index contributed by atoms with van der Waals surface area (Å²) in [5.74, 6) is 1.61. The zero-order valence-corrected chi connectivity index (χ0v) is 12.3. The van der Waals surface area contributed by atoms with Crippen LogP contribution in [0.3, 0.4) is 0 Å². The molecule has 0 aliphatic rings. The van der Waals surface area contributed by atoms with E-state index in [1.165, 1.54) is 0 Å². The van der Waals surface area contributed by atoms with Crippen molar-refractivity contribution < 1.29 is 9.47 Å². The number of hydrogen-bond donors (Lipinski definition) is 1. The van der Waals surface area contributed by atoms with Crippen LogP contribution < -0.4 is 15.2 Å². The van der Waals surface area contributed by atoms with Crippen molar-refractivity contribution >= 4 is 15.9 Å². The van der Waals surface area contributed by atoms with Crippen LogP contribution in [0.15, 0.2) is 53.0 Å². The first-order valence-corrected chi connectivity index (χ1v) is 6.78. The van der Waals surface area contributed by atoms with Gasteiger partial charge in [0.2, 0.25) is 0 Å². The Kier molecular flexibility index (Phi) is 4.82. The Balaban J connectivity index is 2.15. The molecule has 0 radical (unpaired) electrons. The molecule has 0 amide bonds. The van der Waals surface area contributed by atoms with Gasteiger partial charge in [0.15, 0.2) is 0 Å². The van der Waals surface area contributed by atoms with Crippen LogP contribution in [-0.2, 0) is 0 Å². The molecule has 2 aromatic rings. The van der Waals surface area contributed by atoms with E-state index in [0.29, 0.717) is 6.54 Å². The Bertz CT molecular complexity index is 528. The topological polar surface area (TPSA) is 44.5 Å². The van der Waals surface area contributed by atoms with Gasteiger partial charge in [-0.25, -0.2) is 0 Å². The smallest absolute Gasteiger partial charge is 0.136 e. The number of hydrogen-bond acceptors (Lipinski definition) is 3. The van der Waals surface area contributed by atoms with E-state index in [4.69, 9.17) is 15.2 Å². The maximum atomic E-state index is 5.91. The van der Waals surface area contributed by atoms with Gasteiger partial charge in [0.25, 0.3) is 0 Å². The van der Waals surface area contributed by atoms with Crippen LogP contribution in [0.2, 0.25) is 0 Å². The number of methoxy groups -OCH3 is 1. The molecule has 0 aromatic heterocycles. The molecule has 0 spiro atoms. The van der Waals surface area contributed by atoms with Crippen molar-refractivity contribution in [3.8, 4) is 11.5 Å². The Morgan fingerprint density at radius 3 is 2.42 bits per heavy atom. The van der Waals surface area contributed by atoms with Crippen LogP contribution in [0.4, 0.5) is 0 Å². The summed E-state index contributed by atoms with van der Waals surface area (Å²) in [7, 11) is 1.65. The lowest BCUT2D eigenvalue weighted by Crippen LogP contribution is -2.18. The lowest BCUT2D eigenvalue weighted by atomic mass is 10.1. The molecule has 100 valence electrons. The van der Waals surface area contributed by atoms with E-state index in [9.17, 15) is 0 Å². The SMILES string of the molecule is COc1ccc(C(CN)Oc2cccc(Br)c2)cc1. The summed E-state index contributed by atoms with van der Waals surface area (Å²) >= 11 is 3.42. The van der Waals surface area contributed by atoms with Gasteiger partial charge in [-0.15, -0.1) is 0 Å². The number of benzene rings is 2. The highest BCUT2D eigenvalue weighted by atomic mass is 79.9. The minimum atomic E-state index is -0.166. The third-order valence-corrected chi connectivity index (χ3v) is 3.27. The van der Waals surface area contributed by atoms with E-state index in [2.05, 4.69) is 15.9 Å². The minimum Gasteiger partial charge on any atom is -0.497 e. The van der Waals surface area contributed by atoms with Crippen LogP contribution in [0.1, 0.15) is 11.7 Å². The zero-order valence-electron chi connectivity index (χ0n) is 10.7. The average Bonchev–Trinajstić information content (AvgIpc) is 2.45. The second kappa shape index (κ2) is 6.59. The number of halogens is 1. The van der Waals surface area contributed by atoms with Crippen LogP contribution in [0.25, 0.3) is 0 Å². The fraction of sp³-hybridized carbons (Fsp3) is 0.200. The standard InChI is InChI=1S/C15H16BrNO2/c1-18-13-7-5-11(6-8-13)15(10-17)19-14-4-2-3-12(16)9-14/h2-9,15H,10,17H2,1H3. The lowest BCUT2D eigenvalue weighted by Gasteiger charge is -2.18. The number of ether oxygens (including phenoxy) is 2. The highest BCUT2D eigenvalue weighted by Gasteiger charge is 2.11. The highest BCUT2D eigenvalue weighted by Crippen LogP contribution is 2.25. The van der Waals surface area contributed by atoms with Gasteiger partial charge in [0.05, 0.1) is 7.11 Å². The second-order valence-electron chi connectivity index (χ2n) is 4.07. The Morgan fingerprint density at radius 1 is 1.11 bits per heavy atom. The van der Waals surface area contributed by atoms with E-state index in [0.717, 1.165) is 21.5 Å². The predicted molar refractivity (Wildman–Crippen MR) is 79.6 cm³/mol. The van der Waals surface area contributed by atoms with Crippen molar-refractivity contribution in [2.24, 2.45) is 5.73 Å². The summed E-state index contributed by atoms with van der Waals surface area (Å²) < 4.78 is 12.0. The maximum absolute atomic E-state index is 5.91. The fourth-order valence-corrected chi connectivity index (χ4v) is 2.15. The van der Waals surface area contributed by atoms with E-state index in [1.54, 1.807) is 7.11 Å². The van der Waals surface area contributed by atoms with Gasteiger partial charge in [0, 0.05) is 11.0 Å². The molecular formula is C15H16BrNO2. The van der Waals surface area contributed by atoms with E-state index < -0.39 is 0 Å². The summed E-state index contributed by atoms with van der Waals surface area (Å²) in [5.41, 5.74) is 6.82. The molecule has 0 saturated carbocycles. The minimum absolute atomic E-state index is 0.166. The Labute approximate surface area is 121 Å². The molecule has 3 nitrogen and oxygen atoms in total. The lowest BCUT2D eigenvalue weighted by molar-refractivity contribution is 0.214. The van der Waals surface area contributed by atoms with E-state index in [-0.39, 0.29) is 6.10 Å². The van der Waals surface area contributed by atoms with Gasteiger partial charge in [-0.1, -0.05) is 34.1 Å². The second-order valence-corrected chi connectivity index (χ2v) is 4.99. The average molecular weight is 322 g/mol. The van der Waals surface area contributed by atoms with Gasteiger partial charge in [0.1, 0.15) is 17.6 Å². The van der Waals surface area contributed by atoms with Crippen molar-refractivity contribution in [2.45, 2.75) is 6.10 Å². The predicted octanol–water partition coefficient (Wildman–Crippen LogP) is 3.54. The summed E-state index contributed by atoms with van der Waals surface area (Å²) in [5, 5.41) is 0. The van der Waals surface area contributed by atoms with E-state index >= 15 is 0 Å². The summed E-state index contributed by atoms with van der Waals surface area (Å²) in [6.07, 6.45) is -0.166. The summed E-state index contributed by atoms with van der Waals surface area (Å²) in [6, 6.07) is 15.5. The zero-order chi connectivity index (χ0) is 13.7. The summed E-state index contributed by atoms with van der Waals surface area (Å²) in [6.45, 7) is 0.416. The monoisotopic (exact) mass is 321 g/mol. The van der Waals surface area contributed by atoms with Crippen molar-refractivity contribution in [1.82, 2.24) is 0 Å². The molecule has 0 bridgehead atoms. The van der Waals surface area contributed by atoms with Gasteiger partial charge < -0.3 is 15.2 Å². The van der Waals surface area contributed by atoms with Crippen molar-refractivity contribution in [3.05, 3.63) is 58.6 Å². The maximum Gasteiger partial charge on any atom is 0.136 e. The van der Waals surface area contributed by atoms with Crippen LogP contribution in [-0.4, -0.2) is 13.7 Å². The summed E-state index contributed by atoms with van der Waals surface area (Å²) in [4.78, 5) is 0. The molecule has 0 heterocycles. The molecular weight excluding hydrogens is 306 g/mol. The molecule has 2 rings (SSSR count). The first-order valence-electron chi connectivity index (χ1n) is 5.99. The normalized spacial score (nSPS) is 11.9. The molecule has 19 heavy (non-hydrogen) atoms. The van der Waals surface area contributed by atoms with E-state index in [1.807, 2.05) is 48.5 Å². The van der Waals surface area contributed by atoms with Gasteiger partial charge in [-0.2, -0.15) is 0 Å². The Morgan fingerprint density at radius 2 is 1.84 bits per heavy atom. The molecule has 1 unspecified atom stereocenters. The van der Waals surface area contributed by atoms with Crippen molar-refractivity contribution in [2.75, 3.05) is 13.7 Å². The van der Waals surface area contributed by atoms with Gasteiger partial charge in [-0.3, -0.25) is 0 Å². The largest absolute Gasteiger partial charge is 0.497 e. The third kappa shape index (κ3) is 3.72. The molecule has 2 aromatic carbocycles. The first-order chi connectivity index (χ1) is 9.22. The molecule has 4 heteroatoms. The van der Waals surface area contributed by atoms with Crippen LogP contribution >= 0.6 is 15.9 Å². The van der Waals surface area contributed by atoms with Gasteiger partial charge in [-0.05, 0) is 35.9 Å². The molecule has 2 N–H and O–H groups in total. The van der Waals surface area contributed by atoms with Gasteiger partial charge >= 0.3 is 0 Å². The number of rotatable bonds is 5. The third-order valence-electron chi connectivity index (χ3n) is 2.78. The fourth-order valence-electron chi connectivity index (χ4n) is 1.78.